The van der Waals surface area contributed by atoms with Crippen LogP contribution in [-0.2, 0) is 4.79 Å². The minimum absolute atomic E-state index is 0.0000774. The summed E-state index contributed by atoms with van der Waals surface area (Å²) in [5.74, 6) is 0.785. The van der Waals surface area contributed by atoms with E-state index in [1.807, 2.05) is 50.2 Å². The van der Waals surface area contributed by atoms with Crippen molar-refractivity contribution >= 4 is 16.7 Å². The highest BCUT2D eigenvalue weighted by Crippen LogP contribution is 2.32. The van der Waals surface area contributed by atoms with Crippen molar-refractivity contribution in [3.63, 3.8) is 0 Å². The molecule has 0 unspecified atom stereocenters. The van der Waals surface area contributed by atoms with Crippen LogP contribution in [0.25, 0.3) is 10.8 Å². The van der Waals surface area contributed by atoms with Crippen LogP contribution < -0.4 is 15.8 Å². The van der Waals surface area contributed by atoms with E-state index in [1.165, 1.54) is 0 Å². The fourth-order valence-electron chi connectivity index (χ4n) is 2.31. The molecule has 0 radical (unpaired) electrons. The van der Waals surface area contributed by atoms with Crippen molar-refractivity contribution < 1.29 is 9.53 Å². The summed E-state index contributed by atoms with van der Waals surface area (Å²) >= 11 is 0. The molecule has 2 aromatic rings. The quantitative estimate of drug-likeness (QED) is 0.858. The first-order valence-electron chi connectivity index (χ1n) is 7.30. The summed E-state index contributed by atoms with van der Waals surface area (Å²) in [6.07, 6.45) is 0.343. The number of rotatable bonds is 6. The molecule has 4 heteroatoms. The van der Waals surface area contributed by atoms with E-state index in [0.717, 1.165) is 22.1 Å². The third-order valence-corrected chi connectivity index (χ3v) is 3.35. The number of nitrogens with one attached hydrogen (secondary N) is 1. The summed E-state index contributed by atoms with van der Waals surface area (Å²) in [6.45, 7) is 4.82. The molecular weight excluding hydrogens is 264 g/mol. The summed E-state index contributed by atoms with van der Waals surface area (Å²) in [5.41, 5.74) is 6.99. The van der Waals surface area contributed by atoms with Gasteiger partial charge in [0.05, 0.1) is 13.0 Å². The average molecular weight is 286 g/mol. The van der Waals surface area contributed by atoms with Crippen molar-refractivity contribution in [2.24, 2.45) is 5.73 Å². The van der Waals surface area contributed by atoms with Crippen LogP contribution in [0.1, 0.15) is 31.9 Å². The number of carbonyl (C=O) groups excluding carboxylic acids is 1. The molecule has 0 saturated heterocycles. The SMILES string of the molecule is CCNC(=O)CCOc1c([C@H](C)N)ccc2ccccc12. The molecule has 2 aromatic carbocycles. The zero-order valence-corrected chi connectivity index (χ0v) is 12.6. The second-order valence-corrected chi connectivity index (χ2v) is 5.05. The molecule has 0 aliphatic carbocycles. The summed E-state index contributed by atoms with van der Waals surface area (Å²) in [5, 5.41) is 4.90. The molecule has 0 fully saturated rings. The van der Waals surface area contributed by atoms with Crippen LogP contribution in [0.4, 0.5) is 0 Å². The number of fused-ring (bicyclic) bond motifs is 1. The standard InChI is InChI=1S/C17H22N2O2/c1-3-19-16(20)10-11-21-17-14(12(2)18)9-8-13-6-4-5-7-15(13)17/h4-9,12H,3,10-11,18H2,1-2H3,(H,19,20)/t12-/m0/s1. The number of nitrogens with two attached hydrogens (primary N) is 1. The van der Waals surface area contributed by atoms with Gasteiger partial charge >= 0.3 is 0 Å². The fraction of sp³-hybridized carbons (Fsp3) is 0.353. The van der Waals surface area contributed by atoms with Crippen LogP contribution in [-0.4, -0.2) is 19.1 Å². The number of carbonyl (C=O) groups is 1. The predicted molar refractivity (Wildman–Crippen MR) is 85.3 cm³/mol. The van der Waals surface area contributed by atoms with E-state index < -0.39 is 0 Å². The molecule has 21 heavy (non-hydrogen) atoms. The van der Waals surface area contributed by atoms with Crippen LogP contribution >= 0.6 is 0 Å². The lowest BCUT2D eigenvalue weighted by Gasteiger charge is -2.16. The largest absolute Gasteiger partial charge is 0.492 e. The molecule has 3 N–H and O–H groups in total. The van der Waals surface area contributed by atoms with Gasteiger partial charge in [0.1, 0.15) is 5.75 Å². The normalized spacial score (nSPS) is 12.1. The van der Waals surface area contributed by atoms with Crippen LogP contribution in [0.15, 0.2) is 36.4 Å². The van der Waals surface area contributed by atoms with Gasteiger partial charge in [-0.3, -0.25) is 4.79 Å². The van der Waals surface area contributed by atoms with Crippen molar-refractivity contribution in [1.82, 2.24) is 5.32 Å². The topological polar surface area (TPSA) is 64.3 Å². The number of ether oxygens (including phenoxy) is 1. The maximum atomic E-state index is 11.5. The number of amides is 1. The van der Waals surface area contributed by atoms with Crippen LogP contribution in [0.5, 0.6) is 5.75 Å². The predicted octanol–water partition coefficient (Wildman–Crippen LogP) is 2.76. The van der Waals surface area contributed by atoms with Gasteiger partial charge in [0.2, 0.25) is 5.91 Å². The molecule has 0 aliphatic heterocycles. The van der Waals surface area contributed by atoms with E-state index in [4.69, 9.17) is 10.5 Å². The second kappa shape index (κ2) is 7.09. The highest BCUT2D eigenvalue weighted by Gasteiger charge is 2.12. The molecule has 0 spiro atoms. The van der Waals surface area contributed by atoms with E-state index in [2.05, 4.69) is 5.32 Å². The third kappa shape index (κ3) is 3.73. The zero-order valence-electron chi connectivity index (χ0n) is 12.6. The van der Waals surface area contributed by atoms with Gasteiger partial charge in [-0.2, -0.15) is 0 Å². The average Bonchev–Trinajstić information content (AvgIpc) is 2.47. The van der Waals surface area contributed by atoms with E-state index in [1.54, 1.807) is 0 Å². The minimum atomic E-state index is -0.117. The van der Waals surface area contributed by atoms with Crippen LogP contribution in [0, 0.1) is 0 Å². The lowest BCUT2D eigenvalue weighted by Crippen LogP contribution is -2.24. The molecule has 0 aliphatic rings. The Labute approximate surface area is 125 Å². The summed E-state index contributed by atoms with van der Waals surface area (Å²) in [6, 6.07) is 11.9. The zero-order chi connectivity index (χ0) is 15.2. The molecule has 112 valence electrons. The van der Waals surface area contributed by atoms with Gasteiger partial charge in [0.15, 0.2) is 0 Å². The monoisotopic (exact) mass is 286 g/mol. The van der Waals surface area contributed by atoms with E-state index in [0.29, 0.717) is 19.6 Å². The Kier molecular flexibility index (Phi) is 5.17. The van der Waals surface area contributed by atoms with Gasteiger partial charge in [-0.15, -0.1) is 0 Å². The first kappa shape index (κ1) is 15.3. The molecule has 4 nitrogen and oxygen atoms in total. The number of benzene rings is 2. The van der Waals surface area contributed by atoms with Gasteiger partial charge in [0, 0.05) is 23.5 Å². The van der Waals surface area contributed by atoms with Crippen molar-refractivity contribution in [2.45, 2.75) is 26.3 Å². The first-order valence-corrected chi connectivity index (χ1v) is 7.30. The summed E-state index contributed by atoms with van der Waals surface area (Å²) < 4.78 is 5.89. The second-order valence-electron chi connectivity index (χ2n) is 5.05. The lowest BCUT2D eigenvalue weighted by molar-refractivity contribution is -0.121. The Morgan fingerprint density at radius 1 is 1.29 bits per heavy atom. The van der Waals surface area contributed by atoms with Crippen LogP contribution in [0.3, 0.4) is 0 Å². The molecule has 1 atom stereocenters. The van der Waals surface area contributed by atoms with Gasteiger partial charge in [-0.1, -0.05) is 36.4 Å². The van der Waals surface area contributed by atoms with Gasteiger partial charge in [-0.05, 0) is 19.2 Å². The van der Waals surface area contributed by atoms with Crippen molar-refractivity contribution in [3.05, 3.63) is 42.0 Å². The van der Waals surface area contributed by atoms with Gasteiger partial charge < -0.3 is 15.8 Å². The van der Waals surface area contributed by atoms with Crippen molar-refractivity contribution in [1.29, 1.82) is 0 Å². The Morgan fingerprint density at radius 3 is 2.76 bits per heavy atom. The van der Waals surface area contributed by atoms with E-state index >= 15 is 0 Å². The van der Waals surface area contributed by atoms with Crippen molar-refractivity contribution in [3.8, 4) is 5.75 Å². The lowest BCUT2D eigenvalue weighted by atomic mass is 10.0. The smallest absolute Gasteiger partial charge is 0.223 e. The molecule has 0 heterocycles. The Hall–Kier alpha value is -2.07. The third-order valence-electron chi connectivity index (χ3n) is 3.35. The minimum Gasteiger partial charge on any atom is -0.492 e. The van der Waals surface area contributed by atoms with Crippen molar-refractivity contribution in [2.75, 3.05) is 13.2 Å². The number of hydrogen-bond acceptors (Lipinski definition) is 3. The molecule has 2 rings (SSSR count). The van der Waals surface area contributed by atoms with Gasteiger partial charge in [0.25, 0.3) is 0 Å². The molecule has 0 bridgehead atoms. The molecule has 1 amide bonds. The Balaban J connectivity index is 2.23. The summed E-state index contributed by atoms with van der Waals surface area (Å²) in [7, 11) is 0. The highest BCUT2D eigenvalue weighted by molar-refractivity contribution is 5.89. The van der Waals surface area contributed by atoms with E-state index in [9.17, 15) is 4.79 Å². The maximum absolute atomic E-state index is 11.5. The number of hydrogen-bond donors (Lipinski definition) is 2. The summed E-state index contributed by atoms with van der Waals surface area (Å²) in [4.78, 5) is 11.5. The molecule has 0 aromatic heterocycles. The Morgan fingerprint density at radius 2 is 2.05 bits per heavy atom. The van der Waals surface area contributed by atoms with Gasteiger partial charge in [-0.25, -0.2) is 0 Å². The van der Waals surface area contributed by atoms with Crippen LogP contribution in [0.2, 0.25) is 0 Å². The molecule has 0 saturated carbocycles. The first-order chi connectivity index (χ1) is 10.1. The highest BCUT2D eigenvalue weighted by atomic mass is 16.5. The van der Waals surface area contributed by atoms with E-state index in [-0.39, 0.29) is 11.9 Å². The molecular formula is C17H22N2O2. The Bertz CT molecular complexity index is 623. The maximum Gasteiger partial charge on any atom is 0.223 e. The fourth-order valence-corrected chi connectivity index (χ4v) is 2.31.